The zero-order chi connectivity index (χ0) is 19.6. The maximum Gasteiger partial charge on any atom is 0.263 e. The van der Waals surface area contributed by atoms with E-state index in [4.69, 9.17) is 0 Å². The molecule has 0 bridgehead atoms. The molecule has 1 aromatic carbocycles. The van der Waals surface area contributed by atoms with Crippen LogP contribution in [0.25, 0.3) is 5.65 Å². The fourth-order valence-electron chi connectivity index (χ4n) is 3.72. The van der Waals surface area contributed by atoms with Crippen molar-refractivity contribution in [1.82, 2.24) is 19.7 Å². The van der Waals surface area contributed by atoms with Gasteiger partial charge in [0.15, 0.2) is 5.13 Å². The normalized spacial score (nSPS) is 13.9. The predicted molar refractivity (Wildman–Crippen MR) is 115 cm³/mol. The standard InChI is InChI=1S/C22H21N5OS/c28-21(24-13-16-5-6-20-23-9-12-27(20)15-16)19-14-25-22(29-19)26-10-7-17-3-1-2-4-18(17)8-11-26/h1-6,9,12,14-15H,7-8,10-11,13H2,(H,24,28). The van der Waals surface area contributed by atoms with Gasteiger partial charge in [-0.2, -0.15) is 0 Å². The zero-order valence-corrected chi connectivity index (χ0v) is 16.7. The second-order valence-corrected chi connectivity index (χ2v) is 8.18. The Hall–Kier alpha value is -3.19. The Labute approximate surface area is 172 Å². The van der Waals surface area contributed by atoms with Crippen LogP contribution >= 0.6 is 11.3 Å². The van der Waals surface area contributed by atoms with Gasteiger partial charge in [-0.05, 0) is 35.6 Å². The van der Waals surface area contributed by atoms with Gasteiger partial charge in [0, 0.05) is 38.2 Å². The Morgan fingerprint density at radius 2 is 1.86 bits per heavy atom. The van der Waals surface area contributed by atoms with Gasteiger partial charge in [0.05, 0.1) is 6.20 Å². The fourth-order valence-corrected chi connectivity index (χ4v) is 4.60. The summed E-state index contributed by atoms with van der Waals surface area (Å²) in [6.45, 7) is 2.33. The van der Waals surface area contributed by atoms with Gasteiger partial charge in [-0.25, -0.2) is 9.97 Å². The van der Waals surface area contributed by atoms with Gasteiger partial charge in [-0.3, -0.25) is 4.79 Å². The number of benzene rings is 1. The molecule has 7 heteroatoms. The summed E-state index contributed by atoms with van der Waals surface area (Å²) in [6.07, 6.45) is 9.34. The van der Waals surface area contributed by atoms with Crippen molar-refractivity contribution < 1.29 is 4.79 Å². The average Bonchev–Trinajstić information content (AvgIpc) is 3.37. The highest BCUT2D eigenvalue weighted by Crippen LogP contribution is 2.25. The van der Waals surface area contributed by atoms with Crippen molar-refractivity contribution >= 4 is 28.0 Å². The summed E-state index contributed by atoms with van der Waals surface area (Å²) in [5, 5.41) is 3.91. The number of nitrogens with zero attached hydrogens (tertiary/aromatic N) is 4. The molecule has 3 aromatic heterocycles. The van der Waals surface area contributed by atoms with Crippen LogP contribution in [0.2, 0.25) is 0 Å². The van der Waals surface area contributed by atoms with Gasteiger partial charge in [0.25, 0.3) is 5.91 Å². The molecule has 0 unspecified atom stereocenters. The summed E-state index contributed by atoms with van der Waals surface area (Å²) in [7, 11) is 0. The summed E-state index contributed by atoms with van der Waals surface area (Å²) in [5.41, 5.74) is 4.75. The fraction of sp³-hybridized carbons (Fsp3) is 0.227. The highest BCUT2D eigenvalue weighted by molar-refractivity contribution is 7.17. The number of carbonyl (C=O) groups is 1. The maximum absolute atomic E-state index is 12.6. The molecule has 1 amide bonds. The van der Waals surface area contributed by atoms with E-state index in [0.717, 1.165) is 42.3 Å². The minimum Gasteiger partial charge on any atom is -0.347 e. The number of pyridine rings is 1. The molecule has 29 heavy (non-hydrogen) atoms. The van der Waals surface area contributed by atoms with Gasteiger partial charge < -0.3 is 14.6 Å². The van der Waals surface area contributed by atoms with E-state index in [-0.39, 0.29) is 5.91 Å². The molecular formula is C22H21N5OS. The smallest absolute Gasteiger partial charge is 0.263 e. The monoisotopic (exact) mass is 403 g/mol. The van der Waals surface area contributed by atoms with E-state index in [0.29, 0.717) is 11.4 Å². The Morgan fingerprint density at radius 1 is 1.07 bits per heavy atom. The lowest BCUT2D eigenvalue weighted by Crippen LogP contribution is -2.25. The molecule has 0 radical (unpaired) electrons. The highest BCUT2D eigenvalue weighted by atomic mass is 32.1. The quantitative estimate of drug-likeness (QED) is 0.568. The molecule has 1 aliphatic heterocycles. The lowest BCUT2D eigenvalue weighted by Gasteiger charge is -2.18. The SMILES string of the molecule is O=C(NCc1ccc2nccn2c1)c1cnc(N2CCc3ccccc3CC2)s1. The van der Waals surface area contributed by atoms with Crippen LogP contribution in [0.3, 0.4) is 0 Å². The summed E-state index contributed by atoms with van der Waals surface area (Å²) in [4.78, 5) is 24.3. The molecule has 1 aliphatic rings. The maximum atomic E-state index is 12.6. The molecule has 1 N–H and O–H groups in total. The van der Waals surface area contributed by atoms with Crippen LogP contribution < -0.4 is 10.2 Å². The van der Waals surface area contributed by atoms with E-state index in [1.54, 1.807) is 12.4 Å². The predicted octanol–water partition coefficient (Wildman–Crippen LogP) is 3.33. The van der Waals surface area contributed by atoms with Gasteiger partial charge in [-0.15, -0.1) is 0 Å². The van der Waals surface area contributed by atoms with E-state index in [1.807, 2.05) is 28.9 Å². The molecule has 0 aliphatic carbocycles. The molecule has 4 aromatic rings. The Bertz CT molecular complexity index is 1140. The number of carbonyl (C=O) groups excluding carboxylic acids is 1. The topological polar surface area (TPSA) is 62.5 Å². The van der Waals surface area contributed by atoms with Crippen LogP contribution in [0.5, 0.6) is 0 Å². The van der Waals surface area contributed by atoms with Gasteiger partial charge in [0.2, 0.25) is 0 Å². The van der Waals surface area contributed by atoms with Crippen LogP contribution in [-0.2, 0) is 19.4 Å². The van der Waals surface area contributed by atoms with E-state index in [9.17, 15) is 4.79 Å². The summed E-state index contributed by atoms with van der Waals surface area (Å²) in [6, 6.07) is 12.6. The lowest BCUT2D eigenvalue weighted by molar-refractivity contribution is 0.0954. The van der Waals surface area contributed by atoms with Crippen molar-refractivity contribution in [2.45, 2.75) is 19.4 Å². The molecule has 0 fully saturated rings. The first-order chi connectivity index (χ1) is 14.3. The number of rotatable bonds is 4. The second-order valence-electron chi connectivity index (χ2n) is 7.18. The first-order valence-electron chi connectivity index (χ1n) is 9.73. The molecule has 6 nitrogen and oxygen atoms in total. The minimum atomic E-state index is -0.0856. The van der Waals surface area contributed by atoms with Crippen LogP contribution in [0.4, 0.5) is 5.13 Å². The van der Waals surface area contributed by atoms with Crippen LogP contribution in [0, 0.1) is 0 Å². The van der Waals surface area contributed by atoms with E-state index in [2.05, 4.69) is 44.5 Å². The van der Waals surface area contributed by atoms with Crippen molar-refractivity contribution in [3.8, 4) is 0 Å². The highest BCUT2D eigenvalue weighted by Gasteiger charge is 2.18. The molecule has 5 rings (SSSR count). The minimum absolute atomic E-state index is 0.0856. The summed E-state index contributed by atoms with van der Waals surface area (Å²) < 4.78 is 1.95. The van der Waals surface area contributed by atoms with Crippen molar-refractivity contribution in [3.05, 3.63) is 82.8 Å². The van der Waals surface area contributed by atoms with Crippen molar-refractivity contribution in [1.29, 1.82) is 0 Å². The third kappa shape index (κ3) is 3.73. The molecule has 4 heterocycles. The lowest BCUT2D eigenvalue weighted by atomic mass is 10.0. The largest absolute Gasteiger partial charge is 0.347 e. The van der Waals surface area contributed by atoms with E-state index in [1.165, 1.54) is 22.5 Å². The van der Waals surface area contributed by atoms with Gasteiger partial charge in [0.1, 0.15) is 10.5 Å². The first kappa shape index (κ1) is 17.9. The average molecular weight is 404 g/mol. The number of fused-ring (bicyclic) bond motifs is 2. The summed E-state index contributed by atoms with van der Waals surface area (Å²) >= 11 is 1.46. The molecule has 0 saturated heterocycles. The van der Waals surface area contributed by atoms with Gasteiger partial charge >= 0.3 is 0 Å². The molecule has 0 saturated carbocycles. The Morgan fingerprint density at radius 3 is 2.66 bits per heavy atom. The Balaban J connectivity index is 1.23. The molecule has 0 atom stereocenters. The number of hydrogen-bond donors (Lipinski definition) is 1. The molecule has 146 valence electrons. The zero-order valence-electron chi connectivity index (χ0n) is 15.9. The molecule has 0 spiro atoms. The number of imidazole rings is 1. The van der Waals surface area contributed by atoms with Crippen LogP contribution in [0.1, 0.15) is 26.4 Å². The third-order valence-corrected chi connectivity index (χ3v) is 6.37. The second kappa shape index (κ2) is 7.67. The van der Waals surface area contributed by atoms with E-state index < -0.39 is 0 Å². The number of anilines is 1. The van der Waals surface area contributed by atoms with Crippen molar-refractivity contribution in [2.24, 2.45) is 0 Å². The van der Waals surface area contributed by atoms with Crippen molar-refractivity contribution in [3.63, 3.8) is 0 Å². The van der Waals surface area contributed by atoms with E-state index >= 15 is 0 Å². The number of aromatic nitrogens is 3. The molecular weight excluding hydrogens is 382 g/mol. The van der Waals surface area contributed by atoms with Crippen molar-refractivity contribution in [2.75, 3.05) is 18.0 Å². The number of amides is 1. The Kier molecular flexibility index (Phi) is 4.73. The van der Waals surface area contributed by atoms with Gasteiger partial charge in [-0.1, -0.05) is 41.7 Å². The number of hydrogen-bond acceptors (Lipinski definition) is 5. The number of thiazole rings is 1. The third-order valence-electron chi connectivity index (χ3n) is 5.31. The number of nitrogens with one attached hydrogen (secondary N) is 1. The summed E-state index contributed by atoms with van der Waals surface area (Å²) in [5.74, 6) is -0.0856. The van der Waals surface area contributed by atoms with Crippen LogP contribution in [0.15, 0.2) is 61.2 Å². The van der Waals surface area contributed by atoms with Crippen LogP contribution in [-0.4, -0.2) is 33.4 Å². The first-order valence-corrected chi connectivity index (χ1v) is 10.6.